The molecule has 40 heavy (non-hydrogen) atoms. The predicted molar refractivity (Wildman–Crippen MR) is 159 cm³/mol. The van der Waals surface area contributed by atoms with Gasteiger partial charge in [0.15, 0.2) is 0 Å². The molecule has 0 unspecified atom stereocenters. The minimum atomic E-state index is -3.86. The molecule has 3 rings (SSSR count). The van der Waals surface area contributed by atoms with E-state index < -0.39 is 34.1 Å². The molecular formula is C30H36ClN3O5S. The Morgan fingerprint density at radius 1 is 0.950 bits per heavy atom. The van der Waals surface area contributed by atoms with Crippen molar-refractivity contribution in [2.75, 3.05) is 24.2 Å². The van der Waals surface area contributed by atoms with Crippen LogP contribution in [0.2, 0.25) is 5.02 Å². The molecule has 10 heteroatoms. The molecule has 0 spiro atoms. The average molecular weight is 586 g/mol. The number of hydrogen-bond donors (Lipinski definition) is 1. The number of anilines is 1. The second-order valence-corrected chi connectivity index (χ2v) is 12.8. The molecule has 0 aliphatic rings. The summed E-state index contributed by atoms with van der Waals surface area (Å²) < 4.78 is 31.9. The van der Waals surface area contributed by atoms with Crippen LogP contribution in [0, 0.1) is 0 Å². The van der Waals surface area contributed by atoms with Crippen LogP contribution in [-0.2, 0) is 32.6 Å². The van der Waals surface area contributed by atoms with Gasteiger partial charge in [0, 0.05) is 23.5 Å². The van der Waals surface area contributed by atoms with E-state index in [9.17, 15) is 18.0 Å². The highest BCUT2D eigenvalue weighted by atomic mass is 35.5. The Hall–Kier alpha value is -3.56. The van der Waals surface area contributed by atoms with E-state index in [1.807, 2.05) is 51.1 Å². The molecule has 0 saturated heterocycles. The van der Waals surface area contributed by atoms with Crippen LogP contribution in [0.3, 0.4) is 0 Å². The molecule has 0 bridgehead atoms. The number of halogens is 1. The first-order valence-electron chi connectivity index (χ1n) is 12.8. The SMILES string of the molecule is COc1ccc(N(CC(=O)N(Cc2ccccc2Cl)[C@@H](Cc2ccccc2)C(=O)NC(C)(C)C)S(C)(=O)=O)cc1. The van der Waals surface area contributed by atoms with Crippen molar-refractivity contribution in [2.24, 2.45) is 0 Å². The van der Waals surface area contributed by atoms with Crippen molar-refractivity contribution in [3.8, 4) is 5.75 Å². The maximum Gasteiger partial charge on any atom is 0.244 e. The summed E-state index contributed by atoms with van der Waals surface area (Å²) in [6.45, 7) is 5.08. The molecule has 0 heterocycles. The largest absolute Gasteiger partial charge is 0.497 e. The number of amides is 2. The molecule has 0 saturated carbocycles. The average Bonchev–Trinajstić information content (AvgIpc) is 2.89. The molecule has 0 aliphatic heterocycles. The van der Waals surface area contributed by atoms with E-state index in [0.29, 0.717) is 22.0 Å². The summed E-state index contributed by atoms with van der Waals surface area (Å²) in [6.07, 6.45) is 1.26. The molecule has 1 atom stereocenters. The van der Waals surface area contributed by atoms with Crippen molar-refractivity contribution in [1.29, 1.82) is 0 Å². The molecule has 0 fully saturated rings. The van der Waals surface area contributed by atoms with Gasteiger partial charge in [0.05, 0.1) is 19.1 Å². The minimum absolute atomic E-state index is 0.00772. The van der Waals surface area contributed by atoms with E-state index in [4.69, 9.17) is 16.3 Å². The summed E-state index contributed by atoms with van der Waals surface area (Å²) in [5, 5.41) is 3.43. The Balaban J connectivity index is 2.07. The number of nitrogens with one attached hydrogen (secondary N) is 1. The van der Waals surface area contributed by atoms with E-state index in [0.717, 1.165) is 16.1 Å². The Morgan fingerprint density at radius 2 is 1.55 bits per heavy atom. The van der Waals surface area contributed by atoms with Gasteiger partial charge in [-0.2, -0.15) is 0 Å². The second kappa shape index (κ2) is 13.2. The number of rotatable bonds is 11. The third-order valence-electron chi connectivity index (χ3n) is 6.11. The first kappa shape index (κ1) is 31.0. The summed E-state index contributed by atoms with van der Waals surface area (Å²) in [4.78, 5) is 29.2. The van der Waals surface area contributed by atoms with Crippen molar-refractivity contribution in [1.82, 2.24) is 10.2 Å². The number of nitrogens with zero attached hydrogens (tertiary/aromatic N) is 2. The summed E-state index contributed by atoms with van der Waals surface area (Å²) >= 11 is 6.47. The first-order valence-corrected chi connectivity index (χ1v) is 15.0. The van der Waals surface area contributed by atoms with Crippen molar-refractivity contribution in [3.63, 3.8) is 0 Å². The molecule has 0 aromatic heterocycles. The van der Waals surface area contributed by atoms with Gasteiger partial charge in [0.2, 0.25) is 21.8 Å². The van der Waals surface area contributed by atoms with Gasteiger partial charge in [-0.25, -0.2) is 8.42 Å². The van der Waals surface area contributed by atoms with Gasteiger partial charge in [-0.3, -0.25) is 13.9 Å². The molecule has 2 amide bonds. The highest BCUT2D eigenvalue weighted by molar-refractivity contribution is 7.92. The zero-order valence-electron chi connectivity index (χ0n) is 23.4. The van der Waals surface area contributed by atoms with Crippen molar-refractivity contribution >= 4 is 39.1 Å². The molecular weight excluding hydrogens is 550 g/mol. The minimum Gasteiger partial charge on any atom is -0.497 e. The normalized spacial score (nSPS) is 12.3. The number of ether oxygens (including phenoxy) is 1. The van der Waals surface area contributed by atoms with Crippen LogP contribution in [-0.4, -0.2) is 56.6 Å². The van der Waals surface area contributed by atoms with Gasteiger partial charge in [0.1, 0.15) is 18.3 Å². The lowest BCUT2D eigenvalue weighted by molar-refractivity contribution is -0.140. The molecule has 1 N–H and O–H groups in total. The predicted octanol–water partition coefficient (Wildman–Crippen LogP) is 4.67. The van der Waals surface area contributed by atoms with Crippen LogP contribution < -0.4 is 14.4 Å². The molecule has 8 nitrogen and oxygen atoms in total. The molecule has 0 aliphatic carbocycles. The topological polar surface area (TPSA) is 96.0 Å². The van der Waals surface area contributed by atoms with Crippen molar-refractivity contribution < 1.29 is 22.7 Å². The number of sulfonamides is 1. The summed E-state index contributed by atoms with van der Waals surface area (Å²) in [7, 11) is -2.35. The molecule has 3 aromatic rings. The zero-order valence-corrected chi connectivity index (χ0v) is 25.0. The van der Waals surface area contributed by atoms with Gasteiger partial charge >= 0.3 is 0 Å². The van der Waals surface area contributed by atoms with Crippen LogP contribution in [0.5, 0.6) is 5.75 Å². The van der Waals surface area contributed by atoms with E-state index >= 15 is 0 Å². The monoisotopic (exact) mass is 585 g/mol. The van der Waals surface area contributed by atoms with E-state index in [2.05, 4.69) is 5.32 Å². The van der Waals surface area contributed by atoms with E-state index in [-0.39, 0.29) is 18.9 Å². The third kappa shape index (κ3) is 8.72. The Kier molecular flexibility index (Phi) is 10.2. The molecule has 0 radical (unpaired) electrons. The lowest BCUT2D eigenvalue weighted by atomic mass is 10.0. The van der Waals surface area contributed by atoms with Crippen molar-refractivity contribution in [3.05, 3.63) is 95.0 Å². The lowest BCUT2D eigenvalue weighted by Gasteiger charge is -2.35. The second-order valence-electron chi connectivity index (χ2n) is 10.5. The number of benzene rings is 3. The quantitative estimate of drug-likeness (QED) is 0.353. The van der Waals surface area contributed by atoms with Gasteiger partial charge in [-0.1, -0.05) is 60.1 Å². The lowest BCUT2D eigenvalue weighted by Crippen LogP contribution is -2.56. The summed E-state index contributed by atoms with van der Waals surface area (Å²) in [6, 6.07) is 21.9. The smallest absolute Gasteiger partial charge is 0.244 e. The fourth-order valence-corrected chi connectivity index (χ4v) is 5.22. The van der Waals surface area contributed by atoms with E-state index in [1.165, 1.54) is 12.0 Å². The number of carbonyl (C=O) groups is 2. The van der Waals surface area contributed by atoms with Gasteiger partial charge in [0.25, 0.3) is 0 Å². The Morgan fingerprint density at radius 3 is 2.10 bits per heavy atom. The number of hydrogen-bond acceptors (Lipinski definition) is 5. The van der Waals surface area contributed by atoms with Gasteiger partial charge in [-0.15, -0.1) is 0 Å². The standard InChI is InChI=1S/C30H36ClN3O5S/c1-30(2,3)32-29(36)27(19-22-11-7-6-8-12-22)33(20-23-13-9-10-14-26(23)31)28(35)21-34(40(5,37)38)24-15-17-25(39-4)18-16-24/h6-18,27H,19-21H2,1-5H3,(H,32,36)/t27-/m0/s1. The van der Waals surface area contributed by atoms with E-state index in [1.54, 1.807) is 48.5 Å². The van der Waals surface area contributed by atoms with Crippen LogP contribution in [0.1, 0.15) is 31.9 Å². The first-order chi connectivity index (χ1) is 18.8. The maximum atomic E-state index is 14.1. The highest BCUT2D eigenvalue weighted by Crippen LogP contribution is 2.24. The zero-order chi connectivity index (χ0) is 29.5. The molecule has 3 aromatic carbocycles. The summed E-state index contributed by atoms with van der Waals surface area (Å²) in [5.74, 6) is -0.357. The number of methoxy groups -OCH3 is 1. The fourth-order valence-electron chi connectivity index (χ4n) is 4.18. The molecule has 214 valence electrons. The Labute approximate surface area is 241 Å². The van der Waals surface area contributed by atoms with Gasteiger partial charge in [-0.05, 0) is 62.2 Å². The van der Waals surface area contributed by atoms with Crippen molar-refractivity contribution in [2.45, 2.75) is 45.3 Å². The Bertz CT molecular complexity index is 1410. The van der Waals surface area contributed by atoms with Crippen LogP contribution in [0.15, 0.2) is 78.9 Å². The fraction of sp³-hybridized carbons (Fsp3) is 0.333. The van der Waals surface area contributed by atoms with Crippen LogP contribution >= 0.6 is 11.6 Å². The van der Waals surface area contributed by atoms with Crippen LogP contribution in [0.4, 0.5) is 5.69 Å². The van der Waals surface area contributed by atoms with Crippen LogP contribution in [0.25, 0.3) is 0 Å². The maximum absolute atomic E-state index is 14.1. The number of carbonyl (C=O) groups excluding carboxylic acids is 2. The van der Waals surface area contributed by atoms with Gasteiger partial charge < -0.3 is 15.0 Å². The highest BCUT2D eigenvalue weighted by Gasteiger charge is 2.34. The third-order valence-corrected chi connectivity index (χ3v) is 7.62. The summed E-state index contributed by atoms with van der Waals surface area (Å²) in [5.41, 5.74) is 1.22.